The molecule has 130 valence electrons. The van der Waals surface area contributed by atoms with E-state index in [1.807, 2.05) is 4.90 Å². The van der Waals surface area contributed by atoms with Crippen molar-refractivity contribution >= 4 is 29.1 Å². The van der Waals surface area contributed by atoms with E-state index in [9.17, 15) is 19.7 Å². The summed E-state index contributed by atoms with van der Waals surface area (Å²) in [5, 5.41) is 13.8. The summed E-state index contributed by atoms with van der Waals surface area (Å²) >= 11 is 5.72. The molecule has 0 aliphatic carbocycles. The van der Waals surface area contributed by atoms with Crippen molar-refractivity contribution in [1.82, 2.24) is 10.2 Å². The maximum atomic E-state index is 12.1. The second-order valence-corrected chi connectivity index (χ2v) is 6.45. The van der Waals surface area contributed by atoms with Crippen molar-refractivity contribution in [3.8, 4) is 0 Å². The van der Waals surface area contributed by atoms with Crippen molar-refractivity contribution in [3.63, 3.8) is 0 Å². The van der Waals surface area contributed by atoms with E-state index in [2.05, 4.69) is 12.2 Å². The maximum Gasteiger partial charge on any atom is 0.283 e. The Bertz CT molecular complexity index is 650. The first-order valence-electron chi connectivity index (χ1n) is 7.88. The van der Waals surface area contributed by atoms with Crippen molar-refractivity contribution in [2.75, 3.05) is 19.6 Å². The second-order valence-electron chi connectivity index (χ2n) is 6.01. The van der Waals surface area contributed by atoms with E-state index in [-0.39, 0.29) is 35.1 Å². The number of nitro groups is 1. The topological polar surface area (TPSA) is 92.6 Å². The number of carbonyl (C=O) groups is 2. The lowest BCUT2D eigenvalue weighted by atomic mass is 10.00. The number of rotatable bonds is 5. The summed E-state index contributed by atoms with van der Waals surface area (Å²) in [6.45, 7) is 3.75. The second kappa shape index (κ2) is 8.10. The Morgan fingerprint density at radius 3 is 2.88 bits per heavy atom. The molecule has 1 atom stereocenters. The van der Waals surface area contributed by atoms with Gasteiger partial charge in [-0.3, -0.25) is 19.7 Å². The lowest BCUT2D eigenvalue weighted by molar-refractivity contribution is -0.385. The van der Waals surface area contributed by atoms with Crippen LogP contribution in [0.25, 0.3) is 0 Å². The Kier molecular flexibility index (Phi) is 6.14. The highest BCUT2D eigenvalue weighted by Crippen LogP contribution is 2.23. The number of hydrogen-bond donors (Lipinski definition) is 1. The lowest BCUT2D eigenvalue weighted by Gasteiger charge is -2.31. The summed E-state index contributed by atoms with van der Waals surface area (Å²) in [4.78, 5) is 36.4. The van der Waals surface area contributed by atoms with Gasteiger partial charge in [-0.15, -0.1) is 0 Å². The standard InChI is InChI=1S/C16H20ClN3O4/c1-11-3-2-8-19(10-11)15(21)6-7-18-16(22)13-5-4-12(17)9-14(13)20(23)24/h4-5,9,11H,2-3,6-8,10H2,1H3,(H,18,22). The summed E-state index contributed by atoms with van der Waals surface area (Å²) in [6, 6.07) is 3.87. The molecular formula is C16H20ClN3O4. The molecular weight excluding hydrogens is 334 g/mol. The van der Waals surface area contributed by atoms with Crippen LogP contribution in [0.5, 0.6) is 0 Å². The average Bonchev–Trinajstić information content (AvgIpc) is 2.54. The van der Waals surface area contributed by atoms with Crippen LogP contribution >= 0.6 is 11.6 Å². The molecule has 1 fully saturated rings. The summed E-state index contributed by atoms with van der Waals surface area (Å²) < 4.78 is 0. The molecule has 2 amide bonds. The minimum atomic E-state index is -0.652. The third-order valence-corrected chi connectivity index (χ3v) is 4.27. The van der Waals surface area contributed by atoms with E-state index < -0.39 is 10.8 Å². The molecule has 1 N–H and O–H groups in total. The van der Waals surface area contributed by atoms with Gasteiger partial charge in [-0.05, 0) is 30.9 Å². The molecule has 1 aliphatic heterocycles. The number of carbonyl (C=O) groups excluding carboxylic acids is 2. The fourth-order valence-electron chi connectivity index (χ4n) is 2.80. The van der Waals surface area contributed by atoms with Gasteiger partial charge in [0.1, 0.15) is 5.56 Å². The van der Waals surface area contributed by atoms with Gasteiger partial charge in [0.2, 0.25) is 5.91 Å². The number of nitrogens with one attached hydrogen (secondary N) is 1. The molecule has 0 aromatic heterocycles. The summed E-state index contributed by atoms with van der Waals surface area (Å²) in [5.74, 6) is -0.0976. The molecule has 1 unspecified atom stereocenters. The molecule has 1 saturated heterocycles. The van der Waals surface area contributed by atoms with E-state index in [1.165, 1.54) is 12.1 Å². The van der Waals surface area contributed by atoms with Gasteiger partial charge in [-0.1, -0.05) is 18.5 Å². The van der Waals surface area contributed by atoms with Crippen LogP contribution in [-0.2, 0) is 4.79 Å². The van der Waals surface area contributed by atoms with Gasteiger partial charge in [0, 0.05) is 37.1 Å². The van der Waals surface area contributed by atoms with Gasteiger partial charge in [0.05, 0.1) is 4.92 Å². The van der Waals surface area contributed by atoms with Crippen LogP contribution in [0.15, 0.2) is 18.2 Å². The van der Waals surface area contributed by atoms with E-state index >= 15 is 0 Å². The van der Waals surface area contributed by atoms with Crippen LogP contribution in [0.4, 0.5) is 5.69 Å². The first-order valence-corrected chi connectivity index (χ1v) is 8.26. The largest absolute Gasteiger partial charge is 0.351 e. The zero-order valence-electron chi connectivity index (χ0n) is 13.5. The Labute approximate surface area is 145 Å². The average molecular weight is 354 g/mol. The predicted molar refractivity (Wildman–Crippen MR) is 90.0 cm³/mol. The first-order chi connectivity index (χ1) is 11.4. The number of benzene rings is 1. The predicted octanol–water partition coefficient (Wildman–Crippen LogP) is 2.63. The van der Waals surface area contributed by atoms with Gasteiger partial charge in [0.25, 0.3) is 11.6 Å². The van der Waals surface area contributed by atoms with E-state index in [0.29, 0.717) is 5.92 Å². The van der Waals surface area contributed by atoms with Crippen molar-refractivity contribution in [2.24, 2.45) is 5.92 Å². The third-order valence-electron chi connectivity index (χ3n) is 4.04. The fourth-order valence-corrected chi connectivity index (χ4v) is 2.97. The normalized spacial score (nSPS) is 17.4. The number of halogens is 1. The van der Waals surface area contributed by atoms with Crippen LogP contribution in [0, 0.1) is 16.0 Å². The highest BCUT2D eigenvalue weighted by Gasteiger charge is 2.22. The Hall–Kier alpha value is -2.15. The zero-order valence-corrected chi connectivity index (χ0v) is 14.2. The summed E-state index contributed by atoms with van der Waals surface area (Å²) in [5.41, 5.74) is -0.417. The third kappa shape index (κ3) is 4.67. The molecule has 8 heteroatoms. The van der Waals surface area contributed by atoms with Crippen molar-refractivity contribution in [2.45, 2.75) is 26.2 Å². The SMILES string of the molecule is CC1CCCN(C(=O)CCNC(=O)c2ccc(Cl)cc2[N+](=O)[O-])C1. The van der Waals surface area contributed by atoms with Gasteiger partial charge in [-0.2, -0.15) is 0 Å². The highest BCUT2D eigenvalue weighted by molar-refractivity contribution is 6.31. The molecule has 2 rings (SSSR count). The van der Waals surface area contributed by atoms with Crippen LogP contribution in [-0.4, -0.2) is 41.3 Å². The summed E-state index contributed by atoms with van der Waals surface area (Å²) in [7, 11) is 0. The molecule has 1 heterocycles. The molecule has 1 aromatic rings. The first kappa shape index (κ1) is 18.2. The Morgan fingerprint density at radius 1 is 1.46 bits per heavy atom. The number of amides is 2. The maximum absolute atomic E-state index is 12.1. The van der Waals surface area contributed by atoms with Crippen LogP contribution in [0.3, 0.4) is 0 Å². The van der Waals surface area contributed by atoms with Crippen LogP contribution in [0.1, 0.15) is 36.5 Å². The number of piperidine rings is 1. The minimum Gasteiger partial charge on any atom is -0.351 e. The van der Waals surface area contributed by atoms with Gasteiger partial charge >= 0.3 is 0 Å². The zero-order chi connectivity index (χ0) is 17.7. The molecule has 24 heavy (non-hydrogen) atoms. The van der Waals surface area contributed by atoms with Crippen molar-refractivity contribution in [3.05, 3.63) is 38.9 Å². The van der Waals surface area contributed by atoms with Crippen LogP contribution in [0.2, 0.25) is 5.02 Å². The van der Waals surface area contributed by atoms with Crippen LogP contribution < -0.4 is 5.32 Å². The van der Waals surface area contributed by atoms with Crippen molar-refractivity contribution < 1.29 is 14.5 Å². The molecule has 0 spiro atoms. The number of nitro benzene ring substituents is 1. The molecule has 0 radical (unpaired) electrons. The number of nitrogens with zero attached hydrogens (tertiary/aromatic N) is 2. The van der Waals surface area contributed by atoms with E-state index in [0.717, 1.165) is 32.0 Å². The monoisotopic (exact) mass is 353 g/mol. The Balaban J connectivity index is 1.89. The molecule has 1 aliphatic rings. The number of likely N-dealkylation sites (tertiary alicyclic amines) is 1. The van der Waals surface area contributed by atoms with E-state index in [1.54, 1.807) is 0 Å². The molecule has 7 nitrogen and oxygen atoms in total. The Morgan fingerprint density at radius 2 is 2.21 bits per heavy atom. The lowest BCUT2D eigenvalue weighted by Crippen LogP contribution is -2.40. The smallest absolute Gasteiger partial charge is 0.283 e. The van der Waals surface area contributed by atoms with Gasteiger partial charge in [0.15, 0.2) is 0 Å². The summed E-state index contributed by atoms with van der Waals surface area (Å²) in [6.07, 6.45) is 2.30. The highest BCUT2D eigenvalue weighted by atomic mass is 35.5. The van der Waals surface area contributed by atoms with E-state index in [4.69, 9.17) is 11.6 Å². The fraction of sp³-hybridized carbons (Fsp3) is 0.500. The quantitative estimate of drug-likeness (QED) is 0.650. The minimum absolute atomic E-state index is 0.00699. The molecule has 0 bridgehead atoms. The van der Waals surface area contributed by atoms with Crippen molar-refractivity contribution in [1.29, 1.82) is 0 Å². The molecule has 0 saturated carbocycles. The number of hydrogen-bond acceptors (Lipinski definition) is 4. The van der Waals surface area contributed by atoms with Gasteiger partial charge < -0.3 is 10.2 Å². The van der Waals surface area contributed by atoms with Gasteiger partial charge in [-0.25, -0.2) is 0 Å². The molecule has 1 aromatic carbocycles.